The molecule has 0 spiro atoms. The number of carbonyl (C=O) groups is 1. The fraction of sp³-hybridized carbons (Fsp3) is 0.800. The average molecular weight is 232 g/mol. The fourth-order valence-corrected chi connectivity index (χ4v) is 1.01. The van der Waals surface area contributed by atoms with Crippen LogP contribution in [0.15, 0.2) is 0 Å². The van der Waals surface area contributed by atoms with Crippen LogP contribution in [0.25, 0.3) is 0 Å². The van der Waals surface area contributed by atoms with E-state index in [9.17, 15) is 4.79 Å². The van der Waals surface area contributed by atoms with Crippen molar-refractivity contribution >= 4 is 23.1 Å². The highest BCUT2D eigenvalue weighted by Crippen LogP contribution is 1.92. The minimum atomic E-state index is -0.0256. The van der Waals surface area contributed by atoms with Crippen molar-refractivity contribution in [3.63, 3.8) is 0 Å². The molecule has 0 rings (SSSR count). The molecule has 0 aromatic heterocycles. The topological polar surface area (TPSA) is 55.6 Å². The second-order valence-corrected chi connectivity index (χ2v) is 3.96. The quantitative estimate of drug-likeness (QED) is 0.500. The van der Waals surface area contributed by atoms with E-state index >= 15 is 0 Å². The van der Waals surface area contributed by atoms with Crippen molar-refractivity contribution < 1.29 is 9.53 Å². The third kappa shape index (κ3) is 8.32. The maximum absolute atomic E-state index is 11.4. The number of likely N-dealkylation sites (N-methyl/N-ethyl adjacent to an activating group) is 1. The molecule has 88 valence electrons. The first-order chi connectivity index (χ1) is 7.07. The van der Waals surface area contributed by atoms with Gasteiger partial charge in [-0.1, -0.05) is 25.6 Å². The van der Waals surface area contributed by atoms with Crippen molar-refractivity contribution in [3.05, 3.63) is 0 Å². The highest BCUT2D eigenvalue weighted by molar-refractivity contribution is 7.80. The van der Waals surface area contributed by atoms with E-state index < -0.39 is 0 Å². The Bertz CT molecular complexity index is 210. The predicted octanol–water partition coefficient (Wildman–Crippen LogP) is 0.938. The number of hydrogen-bond donors (Lipinski definition) is 1. The van der Waals surface area contributed by atoms with Crippen LogP contribution in [0.1, 0.15) is 26.2 Å². The second-order valence-electron chi connectivity index (χ2n) is 3.44. The standard InChI is InChI=1S/C10H20N2O2S/c1-3-4-7-14-8-10(13)12(2)6-5-9(11)15/h3-8H2,1-2H3,(H2,11,15). The summed E-state index contributed by atoms with van der Waals surface area (Å²) in [4.78, 5) is 13.5. The van der Waals surface area contributed by atoms with Crippen molar-refractivity contribution in [2.45, 2.75) is 26.2 Å². The molecule has 0 aliphatic heterocycles. The molecule has 15 heavy (non-hydrogen) atoms. The Balaban J connectivity index is 3.55. The summed E-state index contributed by atoms with van der Waals surface area (Å²) in [5.41, 5.74) is 5.34. The molecule has 5 heteroatoms. The van der Waals surface area contributed by atoms with Crippen LogP contribution in [0.3, 0.4) is 0 Å². The maximum Gasteiger partial charge on any atom is 0.248 e. The van der Waals surface area contributed by atoms with Gasteiger partial charge in [0.2, 0.25) is 5.91 Å². The first-order valence-corrected chi connectivity index (χ1v) is 5.58. The second kappa shape index (κ2) is 8.61. The Morgan fingerprint density at radius 3 is 2.73 bits per heavy atom. The molecular formula is C10H20N2O2S. The molecule has 4 nitrogen and oxygen atoms in total. The predicted molar refractivity (Wildman–Crippen MR) is 64.8 cm³/mol. The van der Waals surface area contributed by atoms with E-state index in [4.69, 9.17) is 22.7 Å². The van der Waals surface area contributed by atoms with Crippen molar-refractivity contribution in [3.8, 4) is 0 Å². The molecule has 0 aliphatic rings. The molecular weight excluding hydrogens is 212 g/mol. The van der Waals surface area contributed by atoms with Crippen LogP contribution in [-0.2, 0) is 9.53 Å². The monoisotopic (exact) mass is 232 g/mol. The summed E-state index contributed by atoms with van der Waals surface area (Å²) in [7, 11) is 1.73. The van der Waals surface area contributed by atoms with Gasteiger partial charge in [-0.3, -0.25) is 4.79 Å². The zero-order valence-corrected chi connectivity index (χ0v) is 10.3. The van der Waals surface area contributed by atoms with Crippen LogP contribution in [0, 0.1) is 0 Å². The number of hydrogen-bond acceptors (Lipinski definition) is 3. The first-order valence-electron chi connectivity index (χ1n) is 5.18. The summed E-state index contributed by atoms with van der Waals surface area (Å²) in [6.07, 6.45) is 2.63. The number of carbonyl (C=O) groups excluding carboxylic acids is 1. The summed E-state index contributed by atoms with van der Waals surface area (Å²) in [5, 5.41) is 0. The highest BCUT2D eigenvalue weighted by Gasteiger charge is 2.08. The van der Waals surface area contributed by atoms with E-state index in [1.807, 2.05) is 0 Å². The lowest BCUT2D eigenvalue weighted by atomic mass is 10.3. The van der Waals surface area contributed by atoms with Crippen LogP contribution < -0.4 is 5.73 Å². The lowest BCUT2D eigenvalue weighted by molar-refractivity contribution is -0.134. The summed E-state index contributed by atoms with van der Waals surface area (Å²) in [6, 6.07) is 0. The van der Waals surface area contributed by atoms with Gasteiger partial charge in [-0.2, -0.15) is 0 Å². The zero-order valence-electron chi connectivity index (χ0n) is 9.49. The van der Waals surface area contributed by atoms with Gasteiger partial charge in [0.1, 0.15) is 6.61 Å². The molecule has 1 amide bonds. The molecule has 0 aliphatic carbocycles. The Hall–Kier alpha value is -0.680. The maximum atomic E-state index is 11.4. The summed E-state index contributed by atoms with van der Waals surface area (Å²) < 4.78 is 5.21. The molecule has 0 radical (unpaired) electrons. The fourth-order valence-electron chi connectivity index (χ4n) is 0.919. The zero-order chi connectivity index (χ0) is 11.7. The number of nitrogens with two attached hydrogens (primary N) is 1. The van der Waals surface area contributed by atoms with Gasteiger partial charge in [-0.15, -0.1) is 0 Å². The molecule has 0 aromatic carbocycles. The number of amides is 1. The van der Waals surface area contributed by atoms with Gasteiger partial charge in [0.15, 0.2) is 0 Å². The molecule has 0 heterocycles. The van der Waals surface area contributed by atoms with E-state index in [0.29, 0.717) is 24.6 Å². The van der Waals surface area contributed by atoms with Gasteiger partial charge in [0.25, 0.3) is 0 Å². The highest BCUT2D eigenvalue weighted by atomic mass is 32.1. The molecule has 0 bridgehead atoms. The summed E-state index contributed by atoms with van der Waals surface area (Å²) >= 11 is 4.73. The number of rotatable bonds is 8. The Morgan fingerprint density at radius 2 is 2.20 bits per heavy atom. The molecule has 0 aromatic rings. The van der Waals surface area contributed by atoms with Gasteiger partial charge < -0.3 is 15.4 Å². The Labute approximate surface area is 96.8 Å². The van der Waals surface area contributed by atoms with Crippen molar-refractivity contribution in [1.29, 1.82) is 0 Å². The SMILES string of the molecule is CCCCOCC(=O)N(C)CCC(N)=S. The number of unbranched alkanes of at least 4 members (excludes halogenated alkanes) is 1. The lowest BCUT2D eigenvalue weighted by Crippen LogP contribution is -2.33. The smallest absolute Gasteiger partial charge is 0.248 e. The Morgan fingerprint density at radius 1 is 1.53 bits per heavy atom. The van der Waals surface area contributed by atoms with Crippen molar-refractivity contribution in [2.75, 3.05) is 26.8 Å². The largest absolute Gasteiger partial charge is 0.393 e. The van der Waals surface area contributed by atoms with Gasteiger partial charge in [-0.05, 0) is 6.42 Å². The third-order valence-electron chi connectivity index (χ3n) is 1.99. The van der Waals surface area contributed by atoms with E-state index in [2.05, 4.69) is 6.92 Å². The number of ether oxygens (including phenoxy) is 1. The van der Waals surface area contributed by atoms with E-state index in [1.54, 1.807) is 11.9 Å². The molecule has 0 atom stereocenters. The van der Waals surface area contributed by atoms with E-state index in [-0.39, 0.29) is 12.5 Å². The van der Waals surface area contributed by atoms with Gasteiger partial charge >= 0.3 is 0 Å². The number of nitrogens with zero attached hydrogens (tertiary/aromatic N) is 1. The van der Waals surface area contributed by atoms with Crippen LogP contribution in [0.4, 0.5) is 0 Å². The molecule has 2 N–H and O–H groups in total. The van der Waals surface area contributed by atoms with Crippen molar-refractivity contribution in [1.82, 2.24) is 4.90 Å². The van der Waals surface area contributed by atoms with Crippen LogP contribution in [0.2, 0.25) is 0 Å². The molecule has 0 saturated heterocycles. The van der Waals surface area contributed by atoms with Gasteiger partial charge in [0.05, 0.1) is 4.99 Å². The van der Waals surface area contributed by atoms with E-state index in [0.717, 1.165) is 12.8 Å². The van der Waals surface area contributed by atoms with Crippen LogP contribution in [-0.4, -0.2) is 42.6 Å². The third-order valence-corrected chi connectivity index (χ3v) is 2.19. The summed E-state index contributed by atoms with van der Waals surface area (Å²) in [5.74, 6) is -0.0256. The first kappa shape index (κ1) is 14.3. The molecule has 0 saturated carbocycles. The minimum Gasteiger partial charge on any atom is -0.393 e. The Kier molecular flexibility index (Phi) is 8.22. The number of thiocarbonyl (C=S) groups is 1. The van der Waals surface area contributed by atoms with Crippen molar-refractivity contribution in [2.24, 2.45) is 5.73 Å². The average Bonchev–Trinajstić information content (AvgIpc) is 2.20. The summed E-state index contributed by atoms with van der Waals surface area (Å²) in [6.45, 7) is 3.43. The minimum absolute atomic E-state index is 0.0256. The lowest BCUT2D eigenvalue weighted by Gasteiger charge is -2.16. The molecule has 0 unspecified atom stereocenters. The van der Waals surface area contributed by atoms with Gasteiger partial charge in [0, 0.05) is 26.6 Å². The molecule has 0 fully saturated rings. The normalized spacial score (nSPS) is 10.0. The van der Waals surface area contributed by atoms with Crippen LogP contribution in [0.5, 0.6) is 0 Å². The van der Waals surface area contributed by atoms with E-state index in [1.165, 1.54) is 0 Å². The van der Waals surface area contributed by atoms with Gasteiger partial charge in [-0.25, -0.2) is 0 Å². The van der Waals surface area contributed by atoms with Crippen LogP contribution >= 0.6 is 12.2 Å².